The van der Waals surface area contributed by atoms with Gasteiger partial charge in [-0.25, -0.2) is 4.98 Å². The third-order valence-corrected chi connectivity index (χ3v) is 4.59. The number of rotatable bonds is 7. The minimum Gasteiger partial charge on any atom is -0.495 e. The van der Waals surface area contributed by atoms with Crippen LogP contribution in [-0.2, 0) is 4.79 Å². The number of methoxy groups -OCH3 is 2. The summed E-state index contributed by atoms with van der Waals surface area (Å²) in [7, 11) is 2.97. The third-order valence-electron chi connectivity index (χ3n) is 3.42. The molecule has 26 heavy (non-hydrogen) atoms. The number of nitrogens with zero attached hydrogens (tertiary/aromatic N) is 1. The first-order valence-electron chi connectivity index (χ1n) is 7.79. The van der Waals surface area contributed by atoms with Gasteiger partial charge in [0.15, 0.2) is 5.16 Å². The molecule has 7 nitrogen and oxygen atoms in total. The molecule has 0 fully saturated rings. The van der Waals surface area contributed by atoms with Gasteiger partial charge in [-0.15, -0.1) is 0 Å². The molecule has 1 aromatic carbocycles. The van der Waals surface area contributed by atoms with Crippen molar-refractivity contribution in [2.75, 3.05) is 25.3 Å². The molecule has 2 rings (SSSR count). The van der Waals surface area contributed by atoms with Crippen molar-refractivity contribution in [2.45, 2.75) is 24.9 Å². The van der Waals surface area contributed by atoms with E-state index in [2.05, 4.69) is 15.3 Å². The maximum absolute atomic E-state index is 12.3. The van der Waals surface area contributed by atoms with Gasteiger partial charge in [0.2, 0.25) is 5.91 Å². The first-order valence-corrected chi connectivity index (χ1v) is 9.15. The van der Waals surface area contributed by atoms with Crippen molar-refractivity contribution in [3.63, 3.8) is 0 Å². The molecule has 1 amide bonds. The molecule has 0 bridgehead atoms. The molecule has 0 saturated heterocycles. The molecule has 0 aliphatic carbocycles. The van der Waals surface area contributed by atoms with Crippen molar-refractivity contribution < 1.29 is 14.3 Å². The summed E-state index contributed by atoms with van der Waals surface area (Å²) >= 11 is 7.19. The van der Waals surface area contributed by atoms with E-state index in [1.54, 1.807) is 12.1 Å². The van der Waals surface area contributed by atoms with E-state index in [4.69, 9.17) is 21.1 Å². The van der Waals surface area contributed by atoms with Gasteiger partial charge in [0.25, 0.3) is 5.56 Å². The van der Waals surface area contributed by atoms with Gasteiger partial charge in [0.1, 0.15) is 11.5 Å². The highest BCUT2D eigenvalue weighted by Gasteiger charge is 2.14. The summed E-state index contributed by atoms with van der Waals surface area (Å²) in [5.41, 5.74) is 0.883. The molecule has 0 spiro atoms. The van der Waals surface area contributed by atoms with Crippen molar-refractivity contribution in [3.8, 4) is 11.5 Å². The number of nitrogens with one attached hydrogen (secondary N) is 2. The van der Waals surface area contributed by atoms with E-state index in [1.165, 1.54) is 20.3 Å². The lowest BCUT2D eigenvalue weighted by molar-refractivity contribution is -0.113. The van der Waals surface area contributed by atoms with Crippen LogP contribution >= 0.6 is 23.4 Å². The summed E-state index contributed by atoms with van der Waals surface area (Å²) in [5.74, 6) is 0.749. The van der Waals surface area contributed by atoms with Crippen molar-refractivity contribution in [1.29, 1.82) is 0 Å². The number of carbonyl (C=O) groups is 1. The second-order valence-corrected chi connectivity index (χ2v) is 7.03. The number of anilines is 1. The molecular weight excluding hydrogens is 378 g/mol. The topological polar surface area (TPSA) is 93.3 Å². The SMILES string of the molecule is COc1cc(NC(=O)CSc2nc(C(C)C)cc(=O)[nH]2)c(OC)cc1Cl. The van der Waals surface area contributed by atoms with Crippen LogP contribution in [-0.4, -0.2) is 35.8 Å². The van der Waals surface area contributed by atoms with E-state index < -0.39 is 0 Å². The standard InChI is InChI=1S/C17H20ClN3O4S/c1-9(2)11-7-15(22)21-17(20-11)26-8-16(23)19-12-6-13(24-3)10(18)5-14(12)25-4/h5-7,9H,8H2,1-4H3,(H,19,23)(H,20,21,22). The Bertz CT molecular complexity index is 854. The van der Waals surface area contributed by atoms with Gasteiger partial charge in [-0.05, 0) is 5.92 Å². The molecule has 0 atom stereocenters. The fourth-order valence-corrected chi connectivity index (χ4v) is 3.01. The Morgan fingerprint density at radius 1 is 1.27 bits per heavy atom. The molecule has 0 aliphatic rings. The van der Waals surface area contributed by atoms with Gasteiger partial charge in [0.05, 0.1) is 36.4 Å². The van der Waals surface area contributed by atoms with Crippen LogP contribution in [0.3, 0.4) is 0 Å². The minimum absolute atomic E-state index is 0.0680. The van der Waals surface area contributed by atoms with Crippen LogP contribution in [0.4, 0.5) is 5.69 Å². The maximum atomic E-state index is 12.3. The molecule has 1 heterocycles. The predicted molar refractivity (Wildman–Crippen MR) is 103 cm³/mol. The third kappa shape index (κ3) is 5.15. The average molecular weight is 398 g/mol. The molecule has 1 aromatic heterocycles. The summed E-state index contributed by atoms with van der Waals surface area (Å²) in [6.07, 6.45) is 0. The highest BCUT2D eigenvalue weighted by atomic mass is 35.5. The molecule has 9 heteroatoms. The first kappa shape index (κ1) is 20.1. The van der Waals surface area contributed by atoms with Gasteiger partial charge in [-0.3, -0.25) is 9.59 Å². The number of H-pyrrole nitrogens is 1. The fraction of sp³-hybridized carbons (Fsp3) is 0.353. The Hall–Kier alpha value is -2.19. The zero-order chi connectivity index (χ0) is 19.3. The van der Waals surface area contributed by atoms with E-state index in [1.807, 2.05) is 13.8 Å². The minimum atomic E-state index is -0.282. The number of aromatic nitrogens is 2. The Kier molecular flexibility index (Phi) is 6.93. The molecule has 0 saturated carbocycles. The Balaban J connectivity index is 2.09. The monoisotopic (exact) mass is 397 g/mol. The largest absolute Gasteiger partial charge is 0.495 e. The van der Waals surface area contributed by atoms with Crippen LogP contribution in [0.25, 0.3) is 0 Å². The van der Waals surface area contributed by atoms with Crippen LogP contribution in [0.15, 0.2) is 28.2 Å². The number of benzene rings is 1. The Morgan fingerprint density at radius 2 is 1.96 bits per heavy atom. The van der Waals surface area contributed by atoms with Gasteiger partial charge in [-0.2, -0.15) is 0 Å². The van der Waals surface area contributed by atoms with Crippen molar-refractivity contribution in [1.82, 2.24) is 9.97 Å². The van der Waals surface area contributed by atoms with E-state index in [0.717, 1.165) is 11.8 Å². The fourth-order valence-electron chi connectivity index (χ4n) is 2.10. The number of ether oxygens (including phenoxy) is 2. The number of hydrogen-bond donors (Lipinski definition) is 2. The number of carbonyl (C=O) groups excluding carboxylic acids is 1. The van der Waals surface area contributed by atoms with Crippen LogP contribution in [0.1, 0.15) is 25.5 Å². The van der Waals surface area contributed by atoms with Crippen molar-refractivity contribution >= 4 is 35.0 Å². The Morgan fingerprint density at radius 3 is 2.58 bits per heavy atom. The van der Waals surface area contributed by atoms with Crippen LogP contribution < -0.4 is 20.3 Å². The average Bonchev–Trinajstić information content (AvgIpc) is 2.60. The van der Waals surface area contributed by atoms with Crippen LogP contribution in [0, 0.1) is 0 Å². The van der Waals surface area contributed by atoms with E-state index in [9.17, 15) is 9.59 Å². The number of aromatic amines is 1. The van der Waals surface area contributed by atoms with Gasteiger partial charge < -0.3 is 19.8 Å². The van der Waals surface area contributed by atoms with Crippen molar-refractivity contribution in [2.24, 2.45) is 0 Å². The van der Waals surface area contributed by atoms with Gasteiger partial charge >= 0.3 is 0 Å². The molecule has 0 aliphatic heterocycles. The zero-order valence-electron chi connectivity index (χ0n) is 14.9. The number of amides is 1. The molecule has 2 N–H and O–H groups in total. The molecular formula is C17H20ClN3O4S. The lowest BCUT2D eigenvalue weighted by Gasteiger charge is -2.13. The second-order valence-electron chi connectivity index (χ2n) is 5.65. The lowest BCUT2D eigenvalue weighted by atomic mass is 10.1. The number of hydrogen-bond acceptors (Lipinski definition) is 6. The van der Waals surface area contributed by atoms with E-state index in [0.29, 0.717) is 33.1 Å². The highest BCUT2D eigenvalue weighted by Crippen LogP contribution is 2.35. The zero-order valence-corrected chi connectivity index (χ0v) is 16.5. The summed E-state index contributed by atoms with van der Waals surface area (Å²) in [4.78, 5) is 30.9. The summed E-state index contributed by atoms with van der Waals surface area (Å²) in [6, 6.07) is 4.61. The van der Waals surface area contributed by atoms with E-state index >= 15 is 0 Å². The quantitative estimate of drug-likeness (QED) is 0.550. The van der Waals surface area contributed by atoms with Gasteiger partial charge in [0, 0.05) is 18.2 Å². The first-order chi connectivity index (χ1) is 12.3. The molecule has 0 unspecified atom stereocenters. The van der Waals surface area contributed by atoms with Crippen molar-refractivity contribution in [3.05, 3.63) is 39.3 Å². The highest BCUT2D eigenvalue weighted by molar-refractivity contribution is 7.99. The normalized spacial score (nSPS) is 10.7. The number of halogens is 1. The summed E-state index contributed by atoms with van der Waals surface area (Å²) in [6.45, 7) is 3.90. The maximum Gasteiger partial charge on any atom is 0.251 e. The predicted octanol–water partition coefficient (Wildman–Crippen LogP) is 3.29. The lowest BCUT2D eigenvalue weighted by Crippen LogP contribution is -2.16. The molecule has 140 valence electrons. The van der Waals surface area contributed by atoms with Crippen LogP contribution in [0.2, 0.25) is 5.02 Å². The smallest absolute Gasteiger partial charge is 0.251 e. The second kappa shape index (κ2) is 8.95. The molecule has 2 aromatic rings. The number of thioether (sulfide) groups is 1. The summed E-state index contributed by atoms with van der Waals surface area (Å²) < 4.78 is 10.4. The Labute approximate surface area is 160 Å². The van der Waals surface area contributed by atoms with E-state index in [-0.39, 0.29) is 23.1 Å². The molecule has 0 radical (unpaired) electrons. The summed E-state index contributed by atoms with van der Waals surface area (Å²) in [5, 5.41) is 3.52. The van der Waals surface area contributed by atoms with Crippen LogP contribution in [0.5, 0.6) is 11.5 Å². The van der Waals surface area contributed by atoms with Gasteiger partial charge in [-0.1, -0.05) is 37.2 Å².